The second-order valence-electron chi connectivity index (χ2n) is 5.56. The van der Waals surface area contributed by atoms with Gasteiger partial charge in [-0.25, -0.2) is 8.42 Å². The molecule has 0 spiro atoms. The van der Waals surface area contributed by atoms with Crippen molar-refractivity contribution in [2.45, 2.75) is 25.3 Å². The van der Waals surface area contributed by atoms with E-state index in [1.807, 2.05) is 24.3 Å². The van der Waals surface area contributed by atoms with Crippen LogP contribution in [0.2, 0.25) is 0 Å². The molecule has 2 N–H and O–H groups in total. The van der Waals surface area contributed by atoms with Crippen molar-refractivity contribution in [1.82, 2.24) is 4.31 Å². The van der Waals surface area contributed by atoms with E-state index in [1.54, 1.807) is 4.31 Å². The Morgan fingerprint density at radius 1 is 1.10 bits per heavy atom. The van der Waals surface area contributed by atoms with E-state index in [0.29, 0.717) is 12.3 Å². The highest BCUT2D eigenvalue weighted by atomic mass is 32.2. The van der Waals surface area contributed by atoms with Crippen molar-refractivity contribution in [3.8, 4) is 0 Å². The maximum Gasteiger partial charge on any atom is 0.214 e. The van der Waals surface area contributed by atoms with Gasteiger partial charge in [0.1, 0.15) is 0 Å². The zero-order chi connectivity index (χ0) is 14.2. The Balaban J connectivity index is 1.67. The molecular weight excluding hydrogens is 274 g/mol. The van der Waals surface area contributed by atoms with Gasteiger partial charge < -0.3 is 10.6 Å². The quantitative estimate of drug-likeness (QED) is 0.835. The molecule has 2 heterocycles. The van der Waals surface area contributed by atoms with Crippen LogP contribution in [0.15, 0.2) is 24.3 Å². The molecule has 2 saturated heterocycles. The van der Waals surface area contributed by atoms with Crippen molar-refractivity contribution in [1.29, 1.82) is 0 Å². The smallest absolute Gasteiger partial charge is 0.214 e. The van der Waals surface area contributed by atoms with Crippen LogP contribution in [0, 0.1) is 0 Å². The lowest BCUT2D eigenvalue weighted by molar-refractivity contribution is 0.291. The highest BCUT2D eigenvalue weighted by Gasteiger charge is 2.36. The van der Waals surface area contributed by atoms with E-state index < -0.39 is 10.0 Å². The first-order chi connectivity index (χ1) is 9.58. The third-order valence-electron chi connectivity index (χ3n) is 4.29. The number of sulfonamides is 1. The fourth-order valence-corrected chi connectivity index (χ4v) is 5.04. The number of nitrogens with two attached hydrogens (primary N) is 1. The highest BCUT2D eigenvalue weighted by Crippen LogP contribution is 2.29. The van der Waals surface area contributed by atoms with Gasteiger partial charge in [-0.2, -0.15) is 4.31 Å². The number of anilines is 2. The van der Waals surface area contributed by atoms with Gasteiger partial charge in [0.05, 0.1) is 17.1 Å². The highest BCUT2D eigenvalue weighted by molar-refractivity contribution is 7.89. The molecular formula is C14H21N3O2S. The Hall–Kier alpha value is -1.27. The number of nitrogens with zero attached hydrogens (tertiary/aromatic N) is 2. The molecule has 0 radical (unpaired) electrons. The molecule has 0 atom stereocenters. The molecule has 2 aliphatic heterocycles. The van der Waals surface area contributed by atoms with Crippen LogP contribution in [-0.4, -0.2) is 44.2 Å². The van der Waals surface area contributed by atoms with Crippen LogP contribution in [0.3, 0.4) is 0 Å². The van der Waals surface area contributed by atoms with E-state index >= 15 is 0 Å². The number of hydrogen-bond acceptors (Lipinski definition) is 4. The second kappa shape index (κ2) is 5.26. The molecule has 20 heavy (non-hydrogen) atoms. The van der Waals surface area contributed by atoms with Crippen molar-refractivity contribution in [2.24, 2.45) is 0 Å². The van der Waals surface area contributed by atoms with E-state index in [2.05, 4.69) is 4.90 Å². The predicted octanol–water partition coefficient (Wildman–Crippen LogP) is 1.27. The normalized spacial score (nSPS) is 24.1. The summed E-state index contributed by atoms with van der Waals surface area (Å²) in [5, 5.41) is 0. The minimum atomic E-state index is -2.99. The van der Waals surface area contributed by atoms with Crippen LogP contribution in [0.5, 0.6) is 0 Å². The number of rotatable bonds is 2. The largest absolute Gasteiger partial charge is 0.397 e. The molecule has 6 heteroatoms. The zero-order valence-electron chi connectivity index (χ0n) is 11.5. The van der Waals surface area contributed by atoms with Gasteiger partial charge in [0.25, 0.3) is 0 Å². The third-order valence-corrected chi connectivity index (χ3v) is 6.29. The molecule has 5 nitrogen and oxygen atoms in total. The average molecular weight is 295 g/mol. The third kappa shape index (κ3) is 2.50. The van der Waals surface area contributed by atoms with E-state index in [4.69, 9.17) is 5.73 Å². The maximum atomic E-state index is 12.0. The Labute approximate surface area is 120 Å². The number of hydrogen-bond donors (Lipinski definition) is 1. The van der Waals surface area contributed by atoms with Gasteiger partial charge in [0.15, 0.2) is 0 Å². The van der Waals surface area contributed by atoms with E-state index in [0.717, 1.165) is 43.7 Å². The predicted molar refractivity (Wildman–Crippen MR) is 81.2 cm³/mol. The summed E-state index contributed by atoms with van der Waals surface area (Å²) in [7, 11) is -2.99. The van der Waals surface area contributed by atoms with Crippen LogP contribution < -0.4 is 10.6 Å². The summed E-state index contributed by atoms with van der Waals surface area (Å²) in [4.78, 5) is 2.26. The summed E-state index contributed by atoms with van der Waals surface area (Å²) in [6.07, 6.45) is 2.54. The second-order valence-corrected chi connectivity index (χ2v) is 7.60. The number of piperidine rings is 1. The first-order valence-corrected chi connectivity index (χ1v) is 8.78. The monoisotopic (exact) mass is 295 g/mol. The van der Waals surface area contributed by atoms with Gasteiger partial charge in [-0.05, 0) is 31.4 Å². The number of para-hydroxylation sites is 2. The summed E-state index contributed by atoms with van der Waals surface area (Å²) in [6.45, 7) is 2.43. The summed E-state index contributed by atoms with van der Waals surface area (Å²) >= 11 is 0. The van der Waals surface area contributed by atoms with E-state index in [1.165, 1.54) is 0 Å². The van der Waals surface area contributed by atoms with Crippen LogP contribution in [-0.2, 0) is 10.0 Å². The van der Waals surface area contributed by atoms with Gasteiger partial charge in [-0.1, -0.05) is 12.1 Å². The number of benzene rings is 1. The van der Waals surface area contributed by atoms with Crippen molar-refractivity contribution in [3.05, 3.63) is 24.3 Å². The molecule has 0 bridgehead atoms. The lowest BCUT2D eigenvalue weighted by Gasteiger charge is -2.37. The standard InChI is InChI=1S/C14H21N3O2S/c15-13-4-1-2-5-14(13)16-9-6-12(7-10-16)17-8-3-11-20(17,18)19/h1-2,4-5,12H,3,6-11,15H2. The van der Waals surface area contributed by atoms with Gasteiger partial charge in [-0.15, -0.1) is 0 Å². The molecule has 0 unspecified atom stereocenters. The first kappa shape index (κ1) is 13.7. The molecule has 3 rings (SSSR count). The first-order valence-electron chi connectivity index (χ1n) is 7.17. The van der Waals surface area contributed by atoms with Crippen LogP contribution in [0.4, 0.5) is 11.4 Å². The molecule has 110 valence electrons. The van der Waals surface area contributed by atoms with E-state index in [9.17, 15) is 8.42 Å². The van der Waals surface area contributed by atoms with Crippen LogP contribution in [0.25, 0.3) is 0 Å². The Kier molecular flexibility index (Phi) is 3.60. The fraction of sp³-hybridized carbons (Fsp3) is 0.571. The molecule has 2 fully saturated rings. The SMILES string of the molecule is Nc1ccccc1N1CCC(N2CCCS2(=O)=O)CC1. The maximum absolute atomic E-state index is 12.0. The topological polar surface area (TPSA) is 66.6 Å². The van der Waals surface area contributed by atoms with Gasteiger partial charge in [-0.3, -0.25) is 0 Å². The lowest BCUT2D eigenvalue weighted by Crippen LogP contribution is -2.45. The summed E-state index contributed by atoms with van der Waals surface area (Å²) in [6, 6.07) is 8.03. The van der Waals surface area contributed by atoms with Crippen molar-refractivity contribution in [2.75, 3.05) is 36.0 Å². The molecule has 1 aromatic carbocycles. The minimum Gasteiger partial charge on any atom is -0.397 e. The molecule has 1 aromatic rings. The lowest BCUT2D eigenvalue weighted by atomic mass is 10.0. The number of nitrogen functional groups attached to an aromatic ring is 1. The van der Waals surface area contributed by atoms with Gasteiger partial charge in [0.2, 0.25) is 10.0 Å². The Bertz CT molecular complexity index is 580. The van der Waals surface area contributed by atoms with Crippen LogP contribution in [0.1, 0.15) is 19.3 Å². The minimum absolute atomic E-state index is 0.170. The molecule has 2 aliphatic rings. The molecule has 0 amide bonds. The van der Waals surface area contributed by atoms with Crippen molar-refractivity contribution in [3.63, 3.8) is 0 Å². The van der Waals surface area contributed by atoms with Crippen molar-refractivity contribution < 1.29 is 8.42 Å². The average Bonchev–Trinajstić information content (AvgIpc) is 2.79. The molecule has 0 saturated carbocycles. The summed E-state index contributed by atoms with van der Waals surface area (Å²) < 4.78 is 25.6. The van der Waals surface area contributed by atoms with Gasteiger partial charge in [0, 0.05) is 25.7 Å². The van der Waals surface area contributed by atoms with E-state index in [-0.39, 0.29) is 6.04 Å². The van der Waals surface area contributed by atoms with Gasteiger partial charge >= 0.3 is 0 Å². The summed E-state index contributed by atoms with van der Waals surface area (Å²) in [5.74, 6) is 0.318. The zero-order valence-corrected chi connectivity index (χ0v) is 12.3. The van der Waals surface area contributed by atoms with Crippen LogP contribution >= 0.6 is 0 Å². The Morgan fingerprint density at radius 3 is 2.40 bits per heavy atom. The Morgan fingerprint density at radius 2 is 1.80 bits per heavy atom. The molecule has 0 aromatic heterocycles. The van der Waals surface area contributed by atoms with Crippen molar-refractivity contribution >= 4 is 21.4 Å². The summed E-state index contributed by atoms with van der Waals surface area (Å²) in [5.41, 5.74) is 7.86. The fourth-order valence-electron chi connectivity index (χ4n) is 3.24. The molecule has 0 aliphatic carbocycles.